The fourth-order valence-electron chi connectivity index (χ4n) is 7.06. The number of para-hydroxylation sites is 1. The minimum Gasteiger partial charge on any atom is -0.490 e. The van der Waals surface area contributed by atoms with Crippen molar-refractivity contribution in [2.45, 2.75) is 71.6 Å². The van der Waals surface area contributed by atoms with Gasteiger partial charge < -0.3 is 14.8 Å². The molecule has 1 unspecified atom stereocenters. The van der Waals surface area contributed by atoms with Crippen LogP contribution in [0.4, 0.5) is 0 Å². The van der Waals surface area contributed by atoms with Gasteiger partial charge >= 0.3 is 0 Å². The summed E-state index contributed by atoms with van der Waals surface area (Å²) < 4.78 is 12.2. The Morgan fingerprint density at radius 3 is 2.25 bits per heavy atom. The van der Waals surface area contributed by atoms with Crippen LogP contribution >= 0.6 is 11.6 Å². The number of halogens is 1. The minimum absolute atomic E-state index is 0.497. The summed E-state index contributed by atoms with van der Waals surface area (Å²) in [5, 5.41) is 4.66. The predicted molar refractivity (Wildman–Crippen MR) is 130 cm³/mol. The molecular weight excluding hydrogens is 418 g/mol. The van der Waals surface area contributed by atoms with E-state index in [4.69, 9.17) is 21.1 Å². The highest BCUT2D eigenvalue weighted by atomic mass is 35.5. The Hall–Kier alpha value is -1.71. The van der Waals surface area contributed by atoms with E-state index in [1.165, 1.54) is 44.1 Å². The fourth-order valence-corrected chi connectivity index (χ4v) is 7.18. The van der Waals surface area contributed by atoms with Crippen LogP contribution in [0.3, 0.4) is 0 Å². The van der Waals surface area contributed by atoms with Crippen LogP contribution in [0.25, 0.3) is 0 Å². The number of ether oxygens (including phenoxy) is 2. The first-order chi connectivity index (χ1) is 15.5. The molecule has 2 aromatic rings. The van der Waals surface area contributed by atoms with Gasteiger partial charge in [0.05, 0.1) is 6.61 Å². The van der Waals surface area contributed by atoms with Crippen molar-refractivity contribution in [3.05, 3.63) is 58.6 Å². The highest BCUT2D eigenvalue weighted by Crippen LogP contribution is 2.61. The van der Waals surface area contributed by atoms with Crippen molar-refractivity contribution in [3.8, 4) is 11.5 Å². The molecule has 0 amide bonds. The first-order valence-electron chi connectivity index (χ1n) is 12.4. The normalized spacial score (nSPS) is 29.2. The maximum absolute atomic E-state index is 6.32. The second kappa shape index (κ2) is 9.27. The molecule has 0 saturated heterocycles. The predicted octanol–water partition coefficient (Wildman–Crippen LogP) is 7.01. The third-order valence-electron chi connectivity index (χ3n) is 8.26. The topological polar surface area (TPSA) is 30.5 Å². The zero-order valence-corrected chi connectivity index (χ0v) is 20.2. The summed E-state index contributed by atoms with van der Waals surface area (Å²) in [5.41, 5.74) is 2.76. The molecule has 0 aliphatic heterocycles. The van der Waals surface area contributed by atoms with E-state index in [-0.39, 0.29) is 0 Å². The van der Waals surface area contributed by atoms with Crippen LogP contribution < -0.4 is 14.8 Å². The van der Waals surface area contributed by atoms with Gasteiger partial charge in [-0.2, -0.15) is 0 Å². The van der Waals surface area contributed by atoms with Crippen LogP contribution in [0.5, 0.6) is 11.5 Å². The van der Waals surface area contributed by atoms with Crippen molar-refractivity contribution in [2.75, 3.05) is 6.61 Å². The summed E-state index contributed by atoms with van der Waals surface area (Å²) in [5.74, 6) is 4.61. The summed E-state index contributed by atoms with van der Waals surface area (Å²) in [7, 11) is 0. The van der Waals surface area contributed by atoms with Crippen LogP contribution in [-0.4, -0.2) is 12.6 Å². The first-order valence-corrected chi connectivity index (χ1v) is 12.8. The first kappa shape index (κ1) is 22.1. The van der Waals surface area contributed by atoms with E-state index in [1.54, 1.807) is 0 Å². The summed E-state index contributed by atoms with van der Waals surface area (Å²) in [6.45, 7) is 6.37. The fraction of sp³-hybridized carbons (Fsp3) is 0.571. The Kier molecular flexibility index (Phi) is 6.40. The summed E-state index contributed by atoms with van der Waals surface area (Å²) in [4.78, 5) is 0. The van der Waals surface area contributed by atoms with Gasteiger partial charge in [0.15, 0.2) is 11.5 Å². The molecule has 0 spiro atoms. The lowest BCUT2D eigenvalue weighted by atomic mass is 9.48. The van der Waals surface area contributed by atoms with Gasteiger partial charge in [0, 0.05) is 23.2 Å². The van der Waals surface area contributed by atoms with Crippen molar-refractivity contribution in [2.24, 2.45) is 23.2 Å². The molecule has 4 aliphatic carbocycles. The van der Waals surface area contributed by atoms with Gasteiger partial charge in [0.25, 0.3) is 0 Å². The van der Waals surface area contributed by atoms with Crippen molar-refractivity contribution >= 4 is 11.6 Å². The van der Waals surface area contributed by atoms with Crippen molar-refractivity contribution in [3.63, 3.8) is 0 Å². The van der Waals surface area contributed by atoms with Gasteiger partial charge in [0.1, 0.15) is 6.61 Å². The van der Waals surface area contributed by atoms with E-state index in [9.17, 15) is 0 Å². The smallest absolute Gasteiger partial charge is 0.166 e. The van der Waals surface area contributed by atoms with Gasteiger partial charge in [-0.3, -0.25) is 0 Å². The molecule has 0 heterocycles. The average molecular weight is 454 g/mol. The second-order valence-corrected chi connectivity index (χ2v) is 10.9. The van der Waals surface area contributed by atoms with E-state index in [1.807, 2.05) is 37.3 Å². The maximum Gasteiger partial charge on any atom is 0.166 e. The number of hydrogen-bond donors (Lipinski definition) is 1. The van der Waals surface area contributed by atoms with Crippen LogP contribution in [0.2, 0.25) is 5.02 Å². The van der Waals surface area contributed by atoms with Crippen molar-refractivity contribution in [1.29, 1.82) is 0 Å². The minimum atomic E-state index is 0.497. The Bertz CT molecular complexity index is 890. The van der Waals surface area contributed by atoms with Gasteiger partial charge in [-0.25, -0.2) is 0 Å². The molecule has 6 rings (SSSR count). The molecule has 0 radical (unpaired) electrons. The lowest BCUT2D eigenvalue weighted by Crippen LogP contribution is -2.54. The van der Waals surface area contributed by atoms with Crippen molar-refractivity contribution in [1.82, 2.24) is 5.32 Å². The maximum atomic E-state index is 6.32. The summed E-state index contributed by atoms with van der Waals surface area (Å²) in [6, 6.07) is 14.6. The third-order valence-corrected chi connectivity index (χ3v) is 8.51. The van der Waals surface area contributed by atoms with Gasteiger partial charge in [-0.1, -0.05) is 35.9 Å². The zero-order valence-electron chi connectivity index (χ0n) is 19.4. The van der Waals surface area contributed by atoms with Crippen LogP contribution in [0.1, 0.15) is 63.5 Å². The summed E-state index contributed by atoms with van der Waals surface area (Å²) in [6.07, 6.45) is 8.74. The lowest BCUT2D eigenvalue weighted by molar-refractivity contribution is -0.0706. The monoisotopic (exact) mass is 453 g/mol. The molecule has 4 aliphatic rings. The molecule has 0 aromatic heterocycles. The SMILES string of the molecule is CCOc1cccc(CNC(C)C23CC4CC(CC(C4)C2)C3)c1OCc1ccc(Cl)cc1. The molecule has 1 atom stereocenters. The molecule has 172 valence electrons. The van der Waals surface area contributed by atoms with Gasteiger partial charge in [-0.05, 0) is 99.3 Å². The van der Waals surface area contributed by atoms with Crippen LogP contribution in [0.15, 0.2) is 42.5 Å². The number of hydrogen-bond acceptors (Lipinski definition) is 3. The van der Waals surface area contributed by atoms with E-state index >= 15 is 0 Å². The molecule has 4 bridgehead atoms. The van der Waals surface area contributed by atoms with E-state index in [0.717, 1.165) is 46.4 Å². The average Bonchev–Trinajstić information content (AvgIpc) is 2.77. The molecule has 3 nitrogen and oxygen atoms in total. The highest BCUT2D eigenvalue weighted by molar-refractivity contribution is 6.30. The Balaban J connectivity index is 1.29. The summed E-state index contributed by atoms with van der Waals surface area (Å²) >= 11 is 6.03. The molecule has 2 aromatic carbocycles. The molecule has 4 fully saturated rings. The largest absolute Gasteiger partial charge is 0.490 e. The van der Waals surface area contributed by atoms with E-state index in [0.29, 0.717) is 24.7 Å². The lowest BCUT2D eigenvalue weighted by Gasteiger charge is -2.59. The Morgan fingerprint density at radius 2 is 1.62 bits per heavy atom. The quantitative estimate of drug-likeness (QED) is 0.442. The molecule has 32 heavy (non-hydrogen) atoms. The van der Waals surface area contributed by atoms with E-state index < -0.39 is 0 Å². The van der Waals surface area contributed by atoms with Crippen LogP contribution in [0, 0.1) is 23.2 Å². The molecule has 4 saturated carbocycles. The number of benzene rings is 2. The highest BCUT2D eigenvalue weighted by Gasteiger charge is 2.52. The third kappa shape index (κ3) is 4.52. The van der Waals surface area contributed by atoms with Gasteiger partial charge in [0.2, 0.25) is 0 Å². The van der Waals surface area contributed by atoms with Crippen LogP contribution in [-0.2, 0) is 13.2 Å². The van der Waals surface area contributed by atoms with Crippen molar-refractivity contribution < 1.29 is 9.47 Å². The zero-order chi connectivity index (χ0) is 22.1. The number of rotatable bonds is 9. The molecular formula is C28H36ClNO2. The molecule has 4 heteroatoms. The molecule has 1 N–H and O–H groups in total. The van der Waals surface area contributed by atoms with Gasteiger partial charge in [-0.15, -0.1) is 0 Å². The Labute approximate surface area is 197 Å². The second-order valence-electron chi connectivity index (χ2n) is 10.5. The number of nitrogens with one attached hydrogen (secondary N) is 1. The van der Waals surface area contributed by atoms with E-state index in [2.05, 4.69) is 24.4 Å². The Morgan fingerprint density at radius 1 is 0.969 bits per heavy atom. The standard InChI is InChI=1S/C28H36ClNO2/c1-3-31-26-6-4-5-24(27(26)32-18-20-7-9-25(29)10-8-20)17-30-19(2)28-14-21-11-22(15-28)13-23(12-21)16-28/h4-10,19,21-23,30H,3,11-18H2,1-2H3.